The SMILES string of the molecule is NCc1cccc(C(=O)N[C@@H](C(=O)Nc2ccc3nc(N)sc3c2)c2ccccc2)c1.O=C(O)C(F)(F)F.O=C(O)C(F)(F)F. The third-order valence-electron chi connectivity index (χ3n) is 5.25. The van der Waals surface area contributed by atoms with Crippen LogP contribution in [0.25, 0.3) is 10.2 Å². The summed E-state index contributed by atoms with van der Waals surface area (Å²) in [6, 6.07) is 20.6. The van der Waals surface area contributed by atoms with E-state index < -0.39 is 30.3 Å². The molecule has 11 nitrogen and oxygen atoms in total. The third kappa shape index (κ3) is 11.4. The molecule has 0 spiro atoms. The largest absolute Gasteiger partial charge is 0.490 e. The number of benzene rings is 3. The van der Waals surface area contributed by atoms with Crippen LogP contribution in [0.2, 0.25) is 0 Å². The zero-order valence-corrected chi connectivity index (χ0v) is 23.3. The van der Waals surface area contributed by atoms with Crippen LogP contribution in [0, 0.1) is 0 Å². The maximum absolute atomic E-state index is 13.2. The van der Waals surface area contributed by atoms with Crippen molar-refractivity contribution in [3.05, 3.63) is 89.5 Å². The zero-order chi connectivity index (χ0) is 33.9. The van der Waals surface area contributed by atoms with E-state index in [1.54, 1.807) is 42.5 Å². The van der Waals surface area contributed by atoms with Gasteiger partial charge >= 0.3 is 24.3 Å². The molecule has 0 radical (unpaired) electrons. The molecular weight excluding hydrogens is 636 g/mol. The van der Waals surface area contributed by atoms with Gasteiger partial charge in [-0.05, 0) is 41.5 Å². The summed E-state index contributed by atoms with van der Waals surface area (Å²) < 4.78 is 64.3. The number of amides is 2. The summed E-state index contributed by atoms with van der Waals surface area (Å²) in [6.07, 6.45) is -10.2. The van der Waals surface area contributed by atoms with Crippen molar-refractivity contribution in [1.29, 1.82) is 0 Å². The molecule has 45 heavy (non-hydrogen) atoms. The predicted molar refractivity (Wildman–Crippen MR) is 151 cm³/mol. The van der Waals surface area contributed by atoms with E-state index in [-0.39, 0.29) is 11.8 Å². The van der Waals surface area contributed by atoms with E-state index in [0.29, 0.717) is 28.5 Å². The molecule has 0 aliphatic carbocycles. The zero-order valence-electron chi connectivity index (χ0n) is 22.5. The van der Waals surface area contributed by atoms with Crippen molar-refractivity contribution in [1.82, 2.24) is 10.3 Å². The van der Waals surface area contributed by atoms with Crippen molar-refractivity contribution in [3.8, 4) is 0 Å². The second-order valence-corrected chi connectivity index (χ2v) is 9.61. The van der Waals surface area contributed by atoms with E-state index in [2.05, 4.69) is 15.6 Å². The number of hydrogen-bond donors (Lipinski definition) is 6. The van der Waals surface area contributed by atoms with Crippen molar-refractivity contribution >= 4 is 56.1 Å². The highest BCUT2D eigenvalue weighted by atomic mass is 32.1. The summed E-state index contributed by atoms with van der Waals surface area (Å²) in [7, 11) is 0. The number of aromatic nitrogens is 1. The number of halogens is 6. The minimum Gasteiger partial charge on any atom is -0.475 e. The van der Waals surface area contributed by atoms with Crippen molar-refractivity contribution < 1.29 is 55.7 Å². The number of anilines is 2. The fourth-order valence-electron chi connectivity index (χ4n) is 3.23. The summed E-state index contributed by atoms with van der Waals surface area (Å²) in [4.78, 5) is 48.1. The van der Waals surface area contributed by atoms with Gasteiger partial charge in [0, 0.05) is 17.8 Å². The minimum atomic E-state index is -5.08. The molecule has 3 aromatic carbocycles. The van der Waals surface area contributed by atoms with Crippen LogP contribution in [-0.2, 0) is 20.9 Å². The molecule has 240 valence electrons. The second kappa shape index (κ2) is 15.5. The Kier molecular flexibility index (Phi) is 12.4. The molecule has 0 saturated carbocycles. The van der Waals surface area contributed by atoms with Crippen LogP contribution in [0.3, 0.4) is 0 Å². The number of nitrogen functional groups attached to an aromatic ring is 1. The van der Waals surface area contributed by atoms with Gasteiger partial charge in [0.2, 0.25) is 0 Å². The Labute approximate surface area is 253 Å². The normalized spacial score (nSPS) is 11.6. The fourth-order valence-corrected chi connectivity index (χ4v) is 4.01. The molecule has 0 fully saturated rings. The smallest absolute Gasteiger partial charge is 0.475 e. The van der Waals surface area contributed by atoms with Crippen LogP contribution in [0.1, 0.15) is 27.5 Å². The molecule has 4 rings (SSSR count). The van der Waals surface area contributed by atoms with E-state index in [9.17, 15) is 35.9 Å². The van der Waals surface area contributed by atoms with Crippen molar-refractivity contribution in [2.24, 2.45) is 5.73 Å². The van der Waals surface area contributed by atoms with Crippen LogP contribution >= 0.6 is 11.3 Å². The lowest BCUT2D eigenvalue weighted by Gasteiger charge is -2.19. The van der Waals surface area contributed by atoms with E-state index in [1.807, 2.05) is 30.3 Å². The average Bonchev–Trinajstić information content (AvgIpc) is 3.35. The molecule has 0 unspecified atom stereocenters. The number of nitrogens with one attached hydrogen (secondary N) is 2. The number of aliphatic carboxylic acids is 2. The molecular formula is C27H23F6N5O6S. The van der Waals surface area contributed by atoms with E-state index in [0.717, 1.165) is 15.8 Å². The van der Waals surface area contributed by atoms with Gasteiger partial charge in [0.05, 0.1) is 10.2 Å². The van der Waals surface area contributed by atoms with Gasteiger partial charge in [0.25, 0.3) is 11.8 Å². The van der Waals surface area contributed by atoms with Gasteiger partial charge in [-0.3, -0.25) is 9.59 Å². The summed E-state index contributed by atoms with van der Waals surface area (Å²) in [5.41, 5.74) is 14.8. The van der Waals surface area contributed by atoms with E-state index >= 15 is 0 Å². The average molecular weight is 660 g/mol. The summed E-state index contributed by atoms with van der Waals surface area (Å²) >= 11 is 1.34. The summed E-state index contributed by atoms with van der Waals surface area (Å²) in [5, 5.41) is 20.4. The highest BCUT2D eigenvalue weighted by Gasteiger charge is 2.38. The van der Waals surface area contributed by atoms with Gasteiger partial charge in [-0.2, -0.15) is 26.3 Å². The molecule has 1 atom stereocenters. The number of thiazole rings is 1. The predicted octanol–water partition coefficient (Wildman–Crippen LogP) is 4.71. The Morgan fingerprint density at radius 3 is 1.96 bits per heavy atom. The quantitative estimate of drug-likeness (QED) is 0.159. The van der Waals surface area contributed by atoms with Crippen LogP contribution in [0.5, 0.6) is 0 Å². The molecule has 8 N–H and O–H groups in total. The Balaban J connectivity index is 0.000000421. The van der Waals surface area contributed by atoms with Gasteiger partial charge in [-0.15, -0.1) is 0 Å². The maximum Gasteiger partial charge on any atom is 0.490 e. The lowest BCUT2D eigenvalue weighted by molar-refractivity contribution is -0.193. The molecule has 1 heterocycles. The standard InChI is InChI=1S/C23H21N5O2S.2C2HF3O2/c24-13-14-5-4-8-16(11-14)21(29)28-20(15-6-2-1-3-7-15)22(30)26-17-9-10-18-19(12-17)31-23(25)27-18;2*3-2(4,5)1(6)7/h1-12,20H,13,24H2,(H2,25,27)(H,26,30)(H,28,29);2*(H,6,7)/t20-;;/m1../s1. The van der Waals surface area contributed by atoms with Gasteiger partial charge in [-0.1, -0.05) is 53.8 Å². The fraction of sp³-hybridized carbons (Fsp3) is 0.148. The molecule has 0 aliphatic heterocycles. The topological polar surface area (TPSA) is 198 Å². The molecule has 0 aliphatic rings. The minimum absolute atomic E-state index is 0.328. The first-order chi connectivity index (χ1) is 20.9. The number of nitrogens with zero attached hydrogens (tertiary/aromatic N) is 1. The van der Waals surface area contributed by atoms with E-state index in [1.165, 1.54) is 11.3 Å². The van der Waals surface area contributed by atoms with E-state index in [4.69, 9.17) is 31.3 Å². The first kappa shape index (κ1) is 36.0. The number of rotatable bonds is 6. The summed E-state index contributed by atoms with van der Waals surface area (Å²) in [5.74, 6) is -6.23. The summed E-state index contributed by atoms with van der Waals surface area (Å²) in [6.45, 7) is 0.328. The van der Waals surface area contributed by atoms with Crippen LogP contribution in [-0.4, -0.2) is 51.3 Å². The molecule has 1 aromatic heterocycles. The van der Waals surface area contributed by atoms with Crippen LogP contribution < -0.4 is 22.1 Å². The number of hydrogen-bond acceptors (Lipinski definition) is 8. The van der Waals surface area contributed by atoms with Crippen molar-refractivity contribution in [2.75, 3.05) is 11.1 Å². The Bertz CT molecular complexity index is 1620. The number of nitrogens with two attached hydrogens (primary N) is 2. The number of carboxylic acid groups (broad SMARTS) is 2. The Morgan fingerprint density at radius 2 is 1.42 bits per heavy atom. The number of carboxylic acids is 2. The highest BCUT2D eigenvalue weighted by Crippen LogP contribution is 2.27. The molecule has 2 amide bonds. The molecule has 0 saturated heterocycles. The Hall–Kier alpha value is -5.23. The monoisotopic (exact) mass is 659 g/mol. The van der Waals surface area contributed by atoms with Gasteiger partial charge in [0.15, 0.2) is 5.13 Å². The van der Waals surface area contributed by atoms with Crippen LogP contribution in [0.15, 0.2) is 72.8 Å². The maximum atomic E-state index is 13.2. The van der Waals surface area contributed by atoms with Gasteiger partial charge in [0.1, 0.15) is 6.04 Å². The first-order valence-electron chi connectivity index (χ1n) is 12.1. The second-order valence-electron chi connectivity index (χ2n) is 8.55. The van der Waals surface area contributed by atoms with Gasteiger partial charge < -0.3 is 32.3 Å². The lowest BCUT2D eigenvalue weighted by Crippen LogP contribution is -2.37. The van der Waals surface area contributed by atoms with Crippen molar-refractivity contribution in [3.63, 3.8) is 0 Å². The number of carbonyl (C=O) groups is 4. The molecule has 18 heteroatoms. The first-order valence-corrected chi connectivity index (χ1v) is 13.0. The molecule has 4 aromatic rings. The highest BCUT2D eigenvalue weighted by molar-refractivity contribution is 7.22. The van der Waals surface area contributed by atoms with Crippen molar-refractivity contribution in [2.45, 2.75) is 24.9 Å². The number of carbonyl (C=O) groups excluding carboxylic acids is 2. The van der Waals surface area contributed by atoms with Gasteiger partial charge in [-0.25, -0.2) is 14.6 Å². The lowest BCUT2D eigenvalue weighted by atomic mass is 10.0. The number of alkyl halides is 6. The number of fused-ring (bicyclic) bond motifs is 1. The van der Waals surface area contributed by atoms with Crippen LogP contribution in [0.4, 0.5) is 37.2 Å². The third-order valence-corrected chi connectivity index (χ3v) is 6.10. The molecule has 0 bridgehead atoms. The Morgan fingerprint density at radius 1 is 0.844 bits per heavy atom.